The lowest BCUT2D eigenvalue weighted by Crippen LogP contribution is -2.45. The van der Waals surface area contributed by atoms with E-state index < -0.39 is 18.1 Å². The Balaban J connectivity index is 0.000000451. The molecule has 0 spiro atoms. The summed E-state index contributed by atoms with van der Waals surface area (Å²) in [7, 11) is 3.51. The summed E-state index contributed by atoms with van der Waals surface area (Å²) >= 11 is 0. The van der Waals surface area contributed by atoms with Gasteiger partial charge in [0.2, 0.25) is 0 Å². The van der Waals surface area contributed by atoms with Crippen LogP contribution in [0.25, 0.3) is 11.0 Å². The molecule has 10 nitrogen and oxygen atoms in total. The van der Waals surface area contributed by atoms with E-state index in [-0.39, 0.29) is 11.9 Å². The van der Waals surface area contributed by atoms with Crippen LogP contribution in [0, 0.1) is 5.92 Å². The van der Waals surface area contributed by atoms with Crippen molar-refractivity contribution < 1.29 is 42.5 Å². The van der Waals surface area contributed by atoms with Crippen molar-refractivity contribution in [2.75, 3.05) is 20.2 Å². The average Bonchev–Trinajstić information content (AvgIpc) is 3.06. The van der Waals surface area contributed by atoms with Crippen molar-refractivity contribution in [3.05, 3.63) is 24.0 Å². The number of fused-ring (bicyclic) bond motifs is 1. The number of carboxylic acids is 2. The number of likely N-dealkylation sites (tertiary alicyclic amines) is 1. The number of benzene rings is 1. The van der Waals surface area contributed by atoms with Crippen LogP contribution < -0.4 is 10.1 Å². The summed E-state index contributed by atoms with van der Waals surface area (Å²) in [5.74, 6) is -2.40. The Labute approximate surface area is 180 Å². The number of piperidine rings is 1. The highest BCUT2D eigenvalue weighted by molar-refractivity contribution is 5.78. The number of hydrogen-bond acceptors (Lipinski definition) is 5. The highest BCUT2D eigenvalue weighted by Gasteiger charge is 2.38. The SMILES string of the molecule is COc1ccc2c(c1)nc(CNC(=O)N1CCC(C(=O)O)CC1)n2C.O=C(O)C(F)(F)F. The number of aryl methyl sites for hydroxylation is 1. The third-order valence-electron chi connectivity index (χ3n) is 4.95. The van der Waals surface area contributed by atoms with Crippen LogP contribution in [0.15, 0.2) is 18.2 Å². The predicted molar refractivity (Wildman–Crippen MR) is 105 cm³/mol. The molecule has 2 heterocycles. The summed E-state index contributed by atoms with van der Waals surface area (Å²) in [5.41, 5.74) is 1.78. The van der Waals surface area contributed by atoms with Gasteiger partial charge in [0.25, 0.3) is 0 Å². The predicted octanol–water partition coefficient (Wildman–Crippen LogP) is 2.22. The summed E-state index contributed by atoms with van der Waals surface area (Å²) in [6.07, 6.45) is -4.09. The Hall–Kier alpha value is -3.51. The number of rotatable bonds is 4. The molecule has 32 heavy (non-hydrogen) atoms. The highest BCUT2D eigenvalue weighted by atomic mass is 19.4. The monoisotopic (exact) mass is 460 g/mol. The number of aromatic nitrogens is 2. The lowest BCUT2D eigenvalue weighted by Gasteiger charge is -2.30. The fraction of sp³-hybridized carbons (Fsp3) is 0.474. The van der Waals surface area contributed by atoms with E-state index >= 15 is 0 Å². The normalized spacial score (nSPS) is 14.5. The number of nitrogens with zero attached hydrogens (tertiary/aromatic N) is 3. The second-order valence-corrected chi connectivity index (χ2v) is 7.00. The maximum atomic E-state index is 12.3. The van der Waals surface area contributed by atoms with Crippen LogP contribution in [0.4, 0.5) is 18.0 Å². The van der Waals surface area contributed by atoms with Crippen molar-refractivity contribution in [1.29, 1.82) is 0 Å². The number of amides is 2. The number of nitrogens with one attached hydrogen (secondary N) is 1. The standard InChI is InChI=1S/C17H22N4O4.C2HF3O2/c1-20-14-4-3-12(25-2)9-13(14)19-15(20)10-18-17(24)21-7-5-11(6-8-21)16(22)23;3-2(4,5)1(6)7/h3-4,9,11H,5-8,10H2,1-2H3,(H,18,24)(H,22,23);(H,6,7). The molecule has 176 valence electrons. The number of urea groups is 1. The zero-order valence-electron chi connectivity index (χ0n) is 17.3. The third-order valence-corrected chi connectivity index (χ3v) is 4.95. The van der Waals surface area contributed by atoms with Crippen LogP contribution in [-0.4, -0.2) is 69.0 Å². The Morgan fingerprint density at radius 1 is 1.22 bits per heavy atom. The van der Waals surface area contributed by atoms with Crippen molar-refractivity contribution in [1.82, 2.24) is 19.8 Å². The zero-order chi connectivity index (χ0) is 24.1. The number of carbonyl (C=O) groups excluding carboxylic acids is 1. The number of hydrogen-bond donors (Lipinski definition) is 3. The summed E-state index contributed by atoms with van der Waals surface area (Å²) in [5, 5.41) is 19.0. The van der Waals surface area contributed by atoms with E-state index in [1.54, 1.807) is 12.0 Å². The van der Waals surface area contributed by atoms with Gasteiger partial charge in [-0.1, -0.05) is 0 Å². The molecule has 1 aromatic heterocycles. The van der Waals surface area contributed by atoms with Crippen LogP contribution in [0.3, 0.4) is 0 Å². The first-order valence-electron chi connectivity index (χ1n) is 9.49. The fourth-order valence-electron chi connectivity index (χ4n) is 3.11. The molecular weight excluding hydrogens is 437 g/mol. The number of carbonyl (C=O) groups is 3. The number of alkyl halides is 3. The number of halogens is 3. The number of carboxylic acid groups (broad SMARTS) is 2. The van der Waals surface area contributed by atoms with Crippen LogP contribution in [0.2, 0.25) is 0 Å². The first kappa shape index (κ1) is 24.8. The molecule has 2 amide bonds. The van der Waals surface area contributed by atoms with E-state index in [9.17, 15) is 22.8 Å². The van der Waals surface area contributed by atoms with Gasteiger partial charge in [-0.3, -0.25) is 4.79 Å². The number of methoxy groups -OCH3 is 1. The minimum Gasteiger partial charge on any atom is -0.497 e. The lowest BCUT2D eigenvalue weighted by molar-refractivity contribution is -0.192. The molecule has 0 bridgehead atoms. The Bertz CT molecular complexity index is 983. The average molecular weight is 460 g/mol. The van der Waals surface area contributed by atoms with Gasteiger partial charge in [-0.2, -0.15) is 13.2 Å². The van der Waals surface area contributed by atoms with Gasteiger partial charge < -0.3 is 29.7 Å². The summed E-state index contributed by atoms with van der Waals surface area (Å²) < 4.78 is 38.9. The van der Waals surface area contributed by atoms with Gasteiger partial charge >= 0.3 is 24.1 Å². The van der Waals surface area contributed by atoms with Gasteiger partial charge in [0, 0.05) is 26.2 Å². The fourth-order valence-corrected chi connectivity index (χ4v) is 3.11. The Kier molecular flexibility index (Phi) is 7.89. The van der Waals surface area contributed by atoms with Gasteiger partial charge in [-0.15, -0.1) is 0 Å². The van der Waals surface area contributed by atoms with Crippen LogP contribution in [0.5, 0.6) is 5.75 Å². The van der Waals surface area contributed by atoms with Crippen LogP contribution in [-0.2, 0) is 23.2 Å². The summed E-state index contributed by atoms with van der Waals surface area (Å²) in [6, 6.07) is 5.48. The molecule has 0 atom stereocenters. The third kappa shape index (κ3) is 6.25. The van der Waals surface area contributed by atoms with Gasteiger partial charge in [-0.25, -0.2) is 14.6 Å². The summed E-state index contributed by atoms with van der Waals surface area (Å²) in [6.45, 7) is 1.23. The molecule has 1 aromatic carbocycles. The van der Waals surface area contributed by atoms with Crippen molar-refractivity contribution in [3.63, 3.8) is 0 Å². The molecule has 1 saturated heterocycles. The largest absolute Gasteiger partial charge is 0.497 e. The Morgan fingerprint density at radius 3 is 2.31 bits per heavy atom. The molecule has 1 aliphatic rings. The van der Waals surface area contributed by atoms with Crippen LogP contribution >= 0.6 is 0 Å². The smallest absolute Gasteiger partial charge is 0.490 e. The van der Waals surface area contributed by atoms with E-state index in [1.165, 1.54) is 0 Å². The van der Waals surface area contributed by atoms with Gasteiger partial charge in [-0.05, 0) is 25.0 Å². The van der Waals surface area contributed by atoms with Gasteiger partial charge in [0.1, 0.15) is 11.6 Å². The minimum absolute atomic E-state index is 0.187. The van der Waals surface area contributed by atoms with E-state index in [0.29, 0.717) is 32.5 Å². The Morgan fingerprint density at radius 2 is 1.81 bits per heavy atom. The number of ether oxygens (including phenoxy) is 1. The van der Waals surface area contributed by atoms with Crippen molar-refractivity contribution in [2.45, 2.75) is 25.6 Å². The quantitative estimate of drug-likeness (QED) is 0.637. The molecular formula is C19H23F3N4O6. The molecule has 1 fully saturated rings. The van der Waals surface area contributed by atoms with Crippen molar-refractivity contribution in [2.24, 2.45) is 13.0 Å². The molecule has 2 aromatic rings. The first-order valence-corrected chi connectivity index (χ1v) is 9.49. The topological polar surface area (TPSA) is 134 Å². The molecule has 3 N–H and O–H groups in total. The number of imidazole rings is 1. The molecule has 0 unspecified atom stereocenters. The van der Waals surface area contributed by atoms with E-state index in [0.717, 1.165) is 22.6 Å². The second-order valence-electron chi connectivity index (χ2n) is 7.00. The minimum atomic E-state index is -5.08. The maximum Gasteiger partial charge on any atom is 0.490 e. The molecule has 13 heteroatoms. The number of aliphatic carboxylic acids is 2. The first-order chi connectivity index (χ1) is 14.9. The van der Waals surface area contributed by atoms with E-state index in [4.69, 9.17) is 19.7 Å². The van der Waals surface area contributed by atoms with E-state index in [1.807, 2.05) is 29.8 Å². The van der Waals surface area contributed by atoms with E-state index in [2.05, 4.69) is 10.3 Å². The van der Waals surface area contributed by atoms with Crippen molar-refractivity contribution >= 4 is 29.0 Å². The molecule has 1 aliphatic heterocycles. The summed E-state index contributed by atoms with van der Waals surface area (Å²) in [4.78, 5) is 38.4. The van der Waals surface area contributed by atoms with Crippen LogP contribution in [0.1, 0.15) is 18.7 Å². The van der Waals surface area contributed by atoms with Gasteiger partial charge in [0.15, 0.2) is 0 Å². The zero-order valence-corrected chi connectivity index (χ0v) is 17.3. The molecule has 0 radical (unpaired) electrons. The van der Waals surface area contributed by atoms with Crippen molar-refractivity contribution in [3.8, 4) is 5.75 Å². The molecule has 0 aliphatic carbocycles. The second kappa shape index (κ2) is 10.2. The molecule has 3 rings (SSSR count). The highest BCUT2D eigenvalue weighted by Crippen LogP contribution is 2.21. The maximum absolute atomic E-state index is 12.3. The molecule has 0 saturated carbocycles. The lowest BCUT2D eigenvalue weighted by atomic mass is 9.97. The van der Waals surface area contributed by atoms with Gasteiger partial charge in [0.05, 0.1) is 30.6 Å².